The van der Waals surface area contributed by atoms with Crippen molar-refractivity contribution < 1.29 is 22.7 Å². The van der Waals surface area contributed by atoms with Crippen LogP contribution in [0.4, 0.5) is 0 Å². The van der Waals surface area contributed by atoms with E-state index in [1.54, 1.807) is 18.2 Å². The van der Waals surface area contributed by atoms with Gasteiger partial charge in [0, 0.05) is 5.56 Å². The molecule has 1 saturated heterocycles. The minimum absolute atomic E-state index is 0.105. The van der Waals surface area contributed by atoms with Gasteiger partial charge in [0.2, 0.25) is 0 Å². The summed E-state index contributed by atoms with van der Waals surface area (Å²) in [5, 5.41) is -0.904. The molecule has 2 aliphatic heterocycles. The topological polar surface area (TPSA) is 69.7 Å². The van der Waals surface area contributed by atoms with Crippen molar-refractivity contribution in [3.05, 3.63) is 23.8 Å². The quantitative estimate of drug-likeness (QED) is 0.775. The lowest BCUT2D eigenvalue weighted by atomic mass is 10.0. The molecule has 6 heteroatoms. The maximum Gasteiger partial charge on any atom is 0.181 e. The largest absolute Gasteiger partial charge is 0.486 e. The first kappa shape index (κ1) is 13.4. The fourth-order valence-electron chi connectivity index (χ4n) is 2.63. The molecule has 0 N–H and O–H groups in total. The molecule has 1 unspecified atom stereocenters. The third kappa shape index (κ3) is 2.40. The molecule has 1 atom stereocenters. The summed E-state index contributed by atoms with van der Waals surface area (Å²) in [5.74, 6) is 0.879. The predicted octanol–water partition coefficient (Wildman–Crippen LogP) is 1.61. The Balaban J connectivity index is 1.90. The highest BCUT2D eigenvalue weighted by molar-refractivity contribution is 7.92. The van der Waals surface area contributed by atoms with Crippen LogP contribution in [0.3, 0.4) is 0 Å². The lowest BCUT2D eigenvalue weighted by molar-refractivity contribution is 0.0980. The SMILES string of the molecule is O=C(c1ccc2c(c1)OCCO2)C1CCCCS1(=O)=O. The fraction of sp³-hybridized carbons (Fsp3) is 0.500. The van der Waals surface area contributed by atoms with Crippen molar-refractivity contribution in [2.24, 2.45) is 0 Å². The Hall–Kier alpha value is -1.56. The number of carbonyl (C=O) groups excluding carboxylic acids is 1. The number of benzene rings is 1. The highest BCUT2D eigenvalue weighted by Crippen LogP contribution is 2.32. The fourth-order valence-corrected chi connectivity index (χ4v) is 4.51. The van der Waals surface area contributed by atoms with E-state index in [0.29, 0.717) is 43.1 Å². The van der Waals surface area contributed by atoms with Crippen LogP contribution in [0.15, 0.2) is 18.2 Å². The van der Waals surface area contributed by atoms with E-state index < -0.39 is 15.1 Å². The summed E-state index contributed by atoms with van der Waals surface area (Å²) in [6, 6.07) is 4.86. The summed E-state index contributed by atoms with van der Waals surface area (Å²) in [4.78, 5) is 12.4. The standard InChI is InChI=1S/C14H16O5S/c15-14(13-3-1-2-8-20(13,16)17)10-4-5-11-12(9-10)19-7-6-18-11/h4-5,9,13H,1-3,6-8H2. The van der Waals surface area contributed by atoms with Gasteiger partial charge in [-0.05, 0) is 31.0 Å². The summed E-state index contributed by atoms with van der Waals surface area (Å²) in [7, 11) is -3.31. The molecule has 1 fully saturated rings. The van der Waals surface area contributed by atoms with Gasteiger partial charge in [-0.1, -0.05) is 6.42 Å². The van der Waals surface area contributed by atoms with E-state index in [-0.39, 0.29) is 11.5 Å². The summed E-state index contributed by atoms with van der Waals surface area (Å²) >= 11 is 0. The van der Waals surface area contributed by atoms with Gasteiger partial charge in [0.25, 0.3) is 0 Å². The molecule has 5 nitrogen and oxygen atoms in total. The summed E-state index contributed by atoms with van der Waals surface area (Å²) < 4.78 is 34.8. The van der Waals surface area contributed by atoms with Crippen molar-refractivity contribution in [1.29, 1.82) is 0 Å². The number of fused-ring (bicyclic) bond motifs is 1. The first-order valence-corrected chi connectivity index (χ1v) is 8.45. The summed E-state index contributed by atoms with van der Waals surface area (Å²) in [5.41, 5.74) is 0.379. The number of ether oxygens (including phenoxy) is 2. The Morgan fingerprint density at radius 2 is 1.85 bits per heavy atom. The molecule has 3 rings (SSSR count). The Morgan fingerprint density at radius 1 is 1.10 bits per heavy atom. The number of hydrogen-bond acceptors (Lipinski definition) is 5. The highest BCUT2D eigenvalue weighted by atomic mass is 32.2. The molecule has 1 aromatic carbocycles. The molecule has 20 heavy (non-hydrogen) atoms. The number of Topliss-reactive ketones (excluding diaryl/α,β-unsaturated/α-hetero) is 1. The van der Waals surface area contributed by atoms with Gasteiger partial charge in [0.05, 0.1) is 5.75 Å². The Labute approximate surface area is 117 Å². The minimum Gasteiger partial charge on any atom is -0.486 e. The molecule has 2 aliphatic rings. The highest BCUT2D eigenvalue weighted by Gasteiger charge is 2.35. The van der Waals surface area contributed by atoms with Crippen LogP contribution in [-0.2, 0) is 9.84 Å². The van der Waals surface area contributed by atoms with Crippen molar-refractivity contribution >= 4 is 15.6 Å². The van der Waals surface area contributed by atoms with E-state index in [9.17, 15) is 13.2 Å². The molecule has 0 amide bonds. The zero-order chi connectivity index (χ0) is 14.2. The first-order valence-electron chi connectivity index (χ1n) is 6.73. The van der Waals surface area contributed by atoms with Crippen molar-refractivity contribution in [3.63, 3.8) is 0 Å². The maximum atomic E-state index is 12.4. The van der Waals surface area contributed by atoms with Crippen LogP contribution in [-0.4, -0.2) is 38.4 Å². The van der Waals surface area contributed by atoms with Crippen LogP contribution < -0.4 is 9.47 Å². The average molecular weight is 296 g/mol. The van der Waals surface area contributed by atoms with E-state index >= 15 is 0 Å². The molecule has 0 saturated carbocycles. The van der Waals surface area contributed by atoms with E-state index in [1.165, 1.54) is 0 Å². The molecule has 0 spiro atoms. The molecule has 1 aromatic rings. The van der Waals surface area contributed by atoms with Crippen molar-refractivity contribution in [3.8, 4) is 11.5 Å². The Bertz CT molecular complexity index is 635. The molecule has 0 aliphatic carbocycles. The second-order valence-electron chi connectivity index (χ2n) is 5.07. The van der Waals surface area contributed by atoms with Crippen LogP contribution in [0, 0.1) is 0 Å². The number of hydrogen-bond donors (Lipinski definition) is 0. The number of rotatable bonds is 2. The second kappa shape index (κ2) is 5.09. The monoisotopic (exact) mass is 296 g/mol. The van der Waals surface area contributed by atoms with E-state index in [0.717, 1.165) is 6.42 Å². The molecule has 108 valence electrons. The number of sulfone groups is 1. The van der Waals surface area contributed by atoms with Crippen LogP contribution in [0.1, 0.15) is 29.6 Å². The first-order chi connectivity index (χ1) is 9.58. The predicted molar refractivity (Wildman–Crippen MR) is 73.2 cm³/mol. The van der Waals surface area contributed by atoms with Gasteiger partial charge >= 0.3 is 0 Å². The zero-order valence-corrected chi connectivity index (χ0v) is 11.8. The normalized spacial score (nSPS) is 24.1. The average Bonchev–Trinajstić information content (AvgIpc) is 2.45. The van der Waals surface area contributed by atoms with Gasteiger partial charge in [-0.2, -0.15) is 0 Å². The minimum atomic E-state index is -3.31. The van der Waals surface area contributed by atoms with Gasteiger partial charge in [0.15, 0.2) is 27.1 Å². The number of ketones is 1. The molecule has 0 aromatic heterocycles. The van der Waals surface area contributed by atoms with Gasteiger partial charge in [-0.25, -0.2) is 8.42 Å². The third-order valence-electron chi connectivity index (χ3n) is 3.70. The van der Waals surface area contributed by atoms with Gasteiger partial charge in [0.1, 0.15) is 18.5 Å². The van der Waals surface area contributed by atoms with Crippen LogP contribution in [0.2, 0.25) is 0 Å². The second-order valence-corrected chi connectivity index (χ2v) is 7.38. The lowest BCUT2D eigenvalue weighted by Gasteiger charge is -2.22. The van der Waals surface area contributed by atoms with Gasteiger partial charge in [-0.3, -0.25) is 4.79 Å². The Kier molecular flexibility index (Phi) is 3.41. The van der Waals surface area contributed by atoms with Crippen LogP contribution in [0.25, 0.3) is 0 Å². The van der Waals surface area contributed by atoms with Crippen molar-refractivity contribution in [1.82, 2.24) is 0 Å². The molecular weight excluding hydrogens is 280 g/mol. The Morgan fingerprint density at radius 3 is 2.60 bits per heavy atom. The van der Waals surface area contributed by atoms with E-state index in [4.69, 9.17) is 9.47 Å². The molecule has 2 heterocycles. The number of carbonyl (C=O) groups is 1. The molecular formula is C14H16O5S. The summed E-state index contributed by atoms with van der Waals surface area (Å²) in [6.07, 6.45) is 1.84. The van der Waals surface area contributed by atoms with Crippen LogP contribution >= 0.6 is 0 Å². The lowest BCUT2D eigenvalue weighted by Crippen LogP contribution is -2.35. The van der Waals surface area contributed by atoms with E-state index in [1.807, 2.05) is 0 Å². The smallest absolute Gasteiger partial charge is 0.181 e. The zero-order valence-electron chi connectivity index (χ0n) is 11.0. The van der Waals surface area contributed by atoms with Crippen molar-refractivity contribution in [2.75, 3.05) is 19.0 Å². The molecule has 0 bridgehead atoms. The van der Waals surface area contributed by atoms with E-state index in [2.05, 4.69) is 0 Å². The van der Waals surface area contributed by atoms with Gasteiger partial charge in [-0.15, -0.1) is 0 Å². The summed E-state index contributed by atoms with van der Waals surface area (Å²) in [6.45, 7) is 0.920. The molecule has 0 radical (unpaired) electrons. The van der Waals surface area contributed by atoms with Crippen LogP contribution in [0.5, 0.6) is 11.5 Å². The van der Waals surface area contributed by atoms with Crippen molar-refractivity contribution in [2.45, 2.75) is 24.5 Å². The maximum absolute atomic E-state index is 12.4. The third-order valence-corrected chi connectivity index (χ3v) is 5.87. The van der Waals surface area contributed by atoms with Gasteiger partial charge < -0.3 is 9.47 Å².